The first-order chi connectivity index (χ1) is 7.85. The topological polar surface area (TPSA) is 27.7 Å². The van der Waals surface area contributed by atoms with E-state index in [0.29, 0.717) is 13.4 Å². The molecule has 0 atom stereocenters. The third-order valence-corrected chi connectivity index (χ3v) is 2.68. The van der Waals surface area contributed by atoms with Crippen LogP contribution in [0.4, 0.5) is 0 Å². The highest BCUT2D eigenvalue weighted by molar-refractivity contribution is 5.48. The van der Waals surface area contributed by atoms with Crippen LogP contribution in [0.25, 0.3) is 0 Å². The average Bonchev–Trinajstić information content (AvgIpc) is 2.73. The molecule has 0 saturated carbocycles. The molecule has 0 spiro atoms. The first-order valence-electron chi connectivity index (χ1n) is 5.84. The van der Waals surface area contributed by atoms with Crippen LogP contribution in [-0.2, 0) is 17.8 Å². The van der Waals surface area contributed by atoms with Gasteiger partial charge < -0.3 is 14.2 Å². The number of hydrogen-bond donors (Lipinski definition) is 0. The van der Waals surface area contributed by atoms with Crippen LogP contribution in [0.5, 0.6) is 11.5 Å². The third-order valence-electron chi connectivity index (χ3n) is 2.68. The van der Waals surface area contributed by atoms with Gasteiger partial charge in [-0.15, -0.1) is 0 Å². The predicted octanol–water partition coefficient (Wildman–Crippen LogP) is 2.90. The van der Waals surface area contributed by atoms with Crippen molar-refractivity contribution in [3.05, 3.63) is 23.3 Å². The maximum absolute atomic E-state index is 5.47. The van der Waals surface area contributed by atoms with Crippen LogP contribution in [0.3, 0.4) is 0 Å². The molecule has 0 radical (unpaired) electrons. The Morgan fingerprint density at radius 2 is 1.81 bits per heavy atom. The molecule has 1 heterocycles. The monoisotopic (exact) mass is 222 g/mol. The minimum absolute atomic E-state index is 0.332. The molecule has 3 nitrogen and oxygen atoms in total. The summed E-state index contributed by atoms with van der Waals surface area (Å²) in [6, 6.07) is 4.13. The second kappa shape index (κ2) is 5.21. The lowest BCUT2D eigenvalue weighted by atomic mass is 10.0. The van der Waals surface area contributed by atoms with Crippen molar-refractivity contribution in [1.82, 2.24) is 0 Å². The van der Waals surface area contributed by atoms with Gasteiger partial charge in [-0.3, -0.25) is 0 Å². The van der Waals surface area contributed by atoms with E-state index >= 15 is 0 Å². The Balaban J connectivity index is 2.25. The molecule has 0 fully saturated rings. The number of rotatable bonds is 5. The Kier molecular flexibility index (Phi) is 3.67. The van der Waals surface area contributed by atoms with Gasteiger partial charge in [0.05, 0.1) is 6.61 Å². The highest BCUT2D eigenvalue weighted by Crippen LogP contribution is 2.35. The van der Waals surface area contributed by atoms with E-state index in [2.05, 4.69) is 13.0 Å². The molecule has 1 aromatic carbocycles. The van der Waals surface area contributed by atoms with Crippen molar-refractivity contribution < 1.29 is 14.2 Å². The highest BCUT2D eigenvalue weighted by Gasteiger charge is 2.16. The van der Waals surface area contributed by atoms with Crippen LogP contribution >= 0.6 is 0 Å². The maximum Gasteiger partial charge on any atom is 0.231 e. The van der Waals surface area contributed by atoms with E-state index in [4.69, 9.17) is 14.2 Å². The van der Waals surface area contributed by atoms with Gasteiger partial charge in [0, 0.05) is 6.61 Å². The van der Waals surface area contributed by atoms with Crippen molar-refractivity contribution in [2.75, 3.05) is 13.4 Å². The molecular formula is C13H18O3. The van der Waals surface area contributed by atoms with Crippen molar-refractivity contribution in [3.8, 4) is 11.5 Å². The predicted molar refractivity (Wildman–Crippen MR) is 61.9 cm³/mol. The summed E-state index contributed by atoms with van der Waals surface area (Å²) in [5.41, 5.74) is 2.52. The van der Waals surface area contributed by atoms with Crippen LogP contribution in [0, 0.1) is 0 Å². The van der Waals surface area contributed by atoms with Gasteiger partial charge in [0.1, 0.15) is 0 Å². The van der Waals surface area contributed by atoms with Crippen LogP contribution in [-0.4, -0.2) is 13.4 Å². The van der Waals surface area contributed by atoms with E-state index in [0.717, 1.165) is 30.9 Å². The van der Waals surface area contributed by atoms with E-state index in [-0.39, 0.29) is 0 Å². The molecule has 3 heteroatoms. The smallest absolute Gasteiger partial charge is 0.231 e. The zero-order valence-corrected chi connectivity index (χ0v) is 9.91. The van der Waals surface area contributed by atoms with Crippen LogP contribution in [0.2, 0.25) is 0 Å². The molecule has 0 amide bonds. The minimum Gasteiger partial charge on any atom is -0.454 e. The number of hydrogen-bond acceptors (Lipinski definition) is 3. The van der Waals surface area contributed by atoms with Gasteiger partial charge in [-0.1, -0.05) is 13.3 Å². The van der Waals surface area contributed by atoms with Gasteiger partial charge in [-0.2, -0.15) is 0 Å². The Morgan fingerprint density at radius 3 is 2.44 bits per heavy atom. The summed E-state index contributed by atoms with van der Waals surface area (Å²) >= 11 is 0. The minimum atomic E-state index is 0.332. The first kappa shape index (κ1) is 11.3. The van der Waals surface area contributed by atoms with Crippen LogP contribution in [0.1, 0.15) is 31.4 Å². The largest absolute Gasteiger partial charge is 0.454 e. The van der Waals surface area contributed by atoms with Gasteiger partial charge in [0.25, 0.3) is 0 Å². The Hall–Kier alpha value is -1.22. The van der Waals surface area contributed by atoms with Crippen molar-refractivity contribution in [2.24, 2.45) is 0 Å². The van der Waals surface area contributed by atoms with Gasteiger partial charge in [-0.25, -0.2) is 0 Å². The lowest BCUT2D eigenvalue weighted by molar-refractivity contribution is 0.133. The number of ether oxygens (including phenoxy) is 3. The van der Waals surface area contributed by atoms with E-state index in [1.807, 2.05) is 13.0 Å². The quantitative estimate of drug-likeness (QED) is 0.766. The molecule has 1 aromatic rings. The molecule has 1 aliphatic heterocycles. The first-order valence-corrected chi connectivity index (χ1v) is 5.84. The van der Waals surface area contributed by atoms with Crippen molar-refractivity contribution in [3.63, 3.8) is 0 Å². The fourth-order valence-electron chi connectivity index (χ4n) is 1.87. The summed E-state index contributed by atoms with van der Waals surface area (Å²) in [5.74, 6) is 1.71. The highest BCUT2D eigenvalue weighted by atomic mass is 16.7. The zero-order valence-electron chi connectivity index (χ0n) is 9.91. The van der Waals surface area contributed by atoms with Gasteiger partial charge in [-0.05, 0) is 36.6 Å². The molecule has 0 aliphatic carbocycles. The second-order valence-electron chi connectivity index (χ2n) is 3.86. The van der Waals surface area contributed by atoms with E-state index < -0.39 is 0 Å². The lowest BCUT2D eigenvalue weighted by Gasteiger charge is -2.10. The summed E-state index contributed by atoms with van der Waals surface area (Å²) in [4.78, 5) is 0. The Labute approximate surface area is 96.3 Å². The van der Waals surface area contributed by atoms with E-state index in [9.17, 15) is 0 Å². The Bertz CT molecular complexity index is 360. The third kappa shape index (κ3) is 2.30. The summed E-state index contributed by atoms with van der Waals surface area (Å²) in [7, 11) is 0. The zero-order chi connectivity index (χ0) is 11.4. The molecule has 0 N–H and O–H groups in total. The standard InChI is InChI=1S/C13H18O3/c1-3-5-10-6-12-13(16-9-15-12)7-11(10)8-14-4-2/h6-7H,3-5,8-9H2,1-2H3. The molecule has 2 rings (SSSR count). The fraction of sp³-hybridized carbons (Fsp3) is 0.538. The number of aryl methyl sites for hydroxylation is 1. The number of benzene rings is 1. The van der Waals surface area contributed by atoms with E-state index in [1.54, 1.807) is 0 Å². The Morgan fingerprint density at radius 1 is 1.12 bits per heavy atom. The SMILES string of the molecule is CCCc1cc2c(cc1COCC)OCO2. The average molecular weight is 222 g/mol. The normalized spacial score (nSPS) is 13.1. The summed E-state index contributed by atoms with van der Waals surface area (Å²) in [5, 5.41) is 0. The van der Waals surface area contributed by atoms with Gasteiger partial charge >= 0.3 is 0 Å². The summed E-state index contributed by atoms with van der Waals surface area (Å²) < 4.78 is 16.2. The van der Waals surface area contributed by atoms with Crippen LogP contribution < -0.4 is 9.47 Å². The van der Waals surface area contributed by atoms with Crippen molar-refractivity contribution in [1.29, 1.82) is 0 Å². The molecule has 1 aliphatic rings. The maximum atomic E-state index is 5.47. The fourth-order valence-corrected chi connectivity index (χ4v) is 1.87. The molecule has 0 saturated heterocycles. The molecule has 0 bridgehead atoms. The second-order valence-corrected chi connectivity index (χ2v) is 3.86. The van der Waals surface area contributed by atoms with E-state index in [1.165, 1.54) is 11.1 Å². The van der Waals surface area contributed by atoms with Crippen molar-refractivity contribution in [2.45, 2.75) is 33.3 Å². The van der Waals surface area contributed by atoms with Crippen molar-refractivity contribution >= 4 is 0 Å². The van der Waals surface area contributed by atoms with Crippen LogP contribution in [0.15, 0.2) is 12.1 Å². The molecule has 16 heavy (non-hydrogen) atoms. The van der Waals surface area contributed by atoms with Gasteiger partial charge in [0.2, 0.25) is 6.79 Å². The molecule has 88 valence electrons. The summed E-state index contributed by atoms with van der Waals surface area (Å²) in [6.07, 6.45) is 2.18. The van der Waals surface area contributed by atoms with Gasteiger partial charge in [0.15, 0.2) is 11.5 Å². The summed E-state index contributed by atoms with van der Waals surface area (Å²) in [6.45, 7) is 5.91. The number of fused-ring (bicyclic) bond motifs is 1. The molecule has 0 unspecified atom stereocenters. The molecule has 0 aromatic heterocycles. The molecular weight excluding hydrogens is 204 g/mol. The lowest BCUT2D eigenvalue weighted by Crippen LogP contribution is -1.98.